The average Bonchev–Trinajstić information content (AvgIpc) is 2.85. The second-order valence-electron chi connectivity index (χ2n) is 4.37. The van der Waals surface area contributed by atoms with Gasteiger partial charge in [0.1, 0.15) is 0 Å². The van der Waals surface area contributed by atoms with Gasteiger partial charge in [0, 0.05) is 33.8 Å². The molecule has 0 aliphatic heterocycles. The van der Waals surface area contributed by atoms with Crippen molar-refractivity contribution in [3.05, 3.63) is 21.2 Å². The molecule has 0 aliphatic carbocycles. The van der Waals surface area contributed by atoms with Gasteiger partial charge in [-0.1, -0.05) is 0 Å². The number of aryl methyl sites for hydroxylation is 2. The molecule has 0 radical (unpaired) electrons. The highest BCUT2D eigenvalue weighted by molar-refractivity contribution is 7.14. The number of nitrogens with zero attached hydrogens (tertiary/aromatic N) is 1. The van der Waals surface area contributed by atoms with Crippen LogP contribution in [0.4, 0.5) is 5.13 Å². The molecule has 0 saturated carbocycles. The van der Waals surface area contributed by atoms with Crippen molar-refractivity contribution in [3.8, 4) is 11.3 Å². The molecule has 2 rings (SSSR count). The molecule has 98 valence electrons. The van der Waals surface area contributed by atoms with Gasteiger partial charge < -0.3 is 10.1 Å². The predicted molar refractivity (Wildman–Crippen MR) is 79.9 cm³/mol. The quantitative estimate of drug-likeness (QED) is 0.902. The highest BCUT2D eigenvalue weighted by Gasteiger charge is 2.11. The highest BCUT2D eigenvalue weighted by atomic mass is 32.1. The van der Waals surface area contributed by atoms with Crippen LogP contribution in [0.3, 0.4) is 0 Å². The van der Waals surface area contributed by atoms with Crippen LogP contribution in [0, 0.1) is 13.8 Å². The molecule has 0 aromatic carbocycles. The first-order valence-corrected chi connectivity index (χ1v) is 7.58. The third kappa shape index (κ3) is 3.10. The first-order valence-electron chi connectivity index (χ1n) is 5.88. The van der Waals surface area contributed by atoms with Gasteiger partial charge in [-0.2, -0.15) is 0 Å². The van der Waals surface area contributed by atoms with Crippen LogP contribution in [0.15, 0.2) is 11.4 Å². The summed E-state index contributed by atoms with van der Waals surface area (Å²) >= 11 is 3.46. The van der Waals surface area contributed by atoms with E-state index < -0.39 is 0 Å². The monoisotopic (exact) mass is 282 g/mol. The lowest BCUT2D eigenvalue weighted by molar-refractivity contribution is 0.190. The van der Waals surface area contributed by atoms with E-state index in [0.29, 0.717) is 6.61 Å². The molecule has 0 fully saturated rings. The standard InChI is InChI=1S/C13H18N2OS2/c1-8(6-16-4)14-13-15-12(7-17-13)11-5-9(2)18-10(11)3/h5,7-8H,6H2,1-4H3,(H,14,15)/t8-/m1/s1. The predicted octanol–water partition coefficient (Wildman–Crippen LogP) is 3.94. The van der Waals surface area contributed by atoms with E-state index in [1.54, 1.807) is 18.4 Å². The smallest absolute Gasteiger partial charge is 0.183 e. The van der Waals surface area contributed by atoms with Crippen molar-refractivity contribution in [3.63, 3.8) is 0 Å². The maximum Gasteiger partial charge on any atom is 0.183 e. The Bertz CT molecular complexity index is 519. The summed E-state index contributed by atoms with van der Waals surface area (Å²) in [4.78, 5) is 7.29. The summed E-state index contributed by atoms with van der Waals surface area (Å²) in [7, 11) is 1.71. The van der Waals surface area contributed by atoms with E-state index in [2.05, 4.69) is 42.5 Å². The van der Waals surface area contributed by atoms with Crippen LogP contribution in [0.25, 0.3) is 11.3 Å². The minimum atomic E-state index is 0.277. The van der Waals surface area contributed by atoms with Gasteiger partial charge in [-0.05, 0) is 26.8 Å². The zero-order valence-electron chi connectivity index (χ0n) is 11.1. The van der Waals surface area contributed by atoms with Crippen LogP contribution in [-0.2, 0) is 4.74 Å². The number of thiazole rings is 1. The first kappa shape index (κ1) is 13.5. The third-order valence-electron chi connectivity index (χ3n) is 2.61. The molecular formula is C13H18N2OS2. The number of thiophene rings is 1. The summed E-state index contributed by atoms with van der Waals surface area (Å²) in [5.74, 6) is 0. The van der Waals surface area contributed by atoms with Crippen molar-refractivity contribution >= 4 is 27.8 Å². The molecule has 2 aromatic rings. The first-order chi connectivity index (χ1) is 8.60. The zero-order chi connectivity index (χ0) is 13.1. The SMILES string of the molecule is COC[C@@H](C)Nc1nc(-c2cc(C)sc2C)cs1. The van der Waals surface area contributed by atoms with Gasteiger partial charge in [0.25, 0.3) is 0 Å². The second-order valence-corrected chi connectivity index (χ2v) is 6.68. The summed E-state index contributed by atoms with van der Waals surface area (Å²) in [6.45, 7) is 7.05. The fraction of sp³-hybridized carbons (Fsp3) is 0.462. The summed E-state index contributed by atoms with van der Waals surface area (Å²) in [5.41, 5.74) is 2.31. The Hall–Kier alpha value is -0.910. The van der Waals surface area contributed by atoms with E-state index in [1.807, 2.05) is 11.3 Å². The Morgan fingerprint density at radius 2 is 2.22 bits per heavy atom. The average molecular weight is 282 g/mol. The molecule has 1 atom stereocenters. The number of hydrogen-bond donors (Lipinski definition) is 1. The maximum absolute atomic E-state index is 5.11. The molecule has 2 heterocycles. The molecule has 18 heavy (non-hydrogen) atoms. The van der Waals surface area contributed by atoms with E-state index in [1.165, 1.54) is 15.3 Å². The Labute approximate surface area is 116 Å². The molecule has 0 unspecified atom stereocenters. The van der Waals surface area contributed by atoms with E-state index in [0.717, 1.165) is 10.8 Å². The molecule has 5 heteroatoms. The highest BCUT2D eigenvalue weighted by Crippen LogP contribution is 2.32. The van der Waals surface area contributed by atoms with Gasteiger partial charge in [0.2, 0.25) is 0 Å². The van der Waals surface area contributed by atoms with Crippen molar-refractivity contribution in [2.75, 3.05) is 19.0 Å². The van der Waals surface area contributed by atoms with Gasteiger partial charge in [0.15, 0.2) is 5.13 Å². The summed E-state index contributed by atoms with van der Waals surface area (Å²) in [6, 6.07) is 2.48. The zero-order valence-corrected chi connectivity index (χ0v) is 12.7. The van der Waals surface area contributed by atoms with Crippen molar-refractivity contribution < 1.29 is 4.74 Å². The van der Waals surface area contributed by atoms with E-state index in [4.69, 9.17) is 4.74 Å². The van der Waals surface area contributed by atoms with Gasteiger partial charge >= 0.3 is 0 Å². The summed E-state index contributed by atoms with van der Waals surface area (Å²) in [6.07, 6.45) is 0. The molecule has 0 aliphatic rings. The summed E-state index contributed by atoms with van der Waals surface area (Å²) in [5, 5.41) is 6.41. The number of ether oxygens (including phenoxy) is 1. The number of aromatic nitrogens is 1. The third-order valence-corrected chi connectivity index (χ3v) is 4.35. The van der Waals surface area contributed by atoms with Gasteiger partial charge in [-0.15, -0.1) is 22.7 Å². The Balaban J connectivity index is 2.13. The normalized spacial score (nSPS) is 12.7. The van der Waals surface area contributed by atoms with Crippen LogP contribution < -0.4 is 5.32 Å². The fourth-order valence-electron chi connectivity index (χ4n) is 1.85. The minimum absolute atomic E-state index is 0.277. The molecule has 0 amide bonds. The number of rotatable bonds is 5. The molecule has 1 N–H and O–H groups in total. The number of nitrogens with one attached hydrogen (secondary N) is 1. The Morgan fingerprint density at radius 1 is 1.44 bits per heavy atom. The molecule has 3 nitrogen and oxygen atoms in total. The summed E-state index contributed by atoms with van der Waals surface area (Å²) < 4.78 is 5.11. The molecule has 0 spiro atoms. The van der Waals surface area contributed by atoms with Crippen molar-refractivity contribution in [1.82, 2.24) is 4.98 Å². The van der Waals surface area contributed by atoms with Gasteiger partial charge in [-0.3, -0.25) is 0 Å². The topological polar surface area (TPSA) is 34.1 Å². The number of methoxy groups -OCH3 is 1. The van der Waals surface area contributed by atoms with Crippen LogP contribution >= 0.6 is 22.7 Å². The van der Waals surface area contributed by atoms with E-state index in [9.17, 15) is 0 Å². The Morgan fingerprint density at radius 3 is 2.83 bits per heavy atom. The molecule has 0 saturated heterocycles. The van der Waals surface area contributed by atoms with Crippen LogP contribution in [0.2, 0.25) is 0 Å². The fourth-order valence-corrected chi connectivity index (χ4v) is 3.61. The van der Waals surface area contributed by atoms with Gasteiger partial charge in [-0.25, -0.2) is 4.98 Å². The Kier molecular flexibility index (Phi) is 4.37. The van der Waals surface area contributed by atoms with Crippen molar-refractivity contribution in [1.29, 1.82) is 0 Å². The molecular weight excluding hydrogens is 264 g/mol. The lowest BCUT2D eigenvalue weighted by Crippen LogP contribution is -2.20. The maximum atomic E-state index is 5.11. The van der Waals surface area contributed by atoms with E-state index >= 15 is 0 Å². The van der Waals surface area contributed by atoms with Crippen molar-refractivity contribution in [2.24, 2.45) is 0 Å². The lowest BCUT2D eigenvalue weighted by Gasteiger charge is -2.10. The minimum Gasteiger partial charge on any atom is -0.383 e. The second kappa shape index (κ2) is 5.82. The number of anilines is 1. The van der Waals surface area contributed by atoms with Crippen LogP contribution in [0.5, 0.6) is 0 Å². The van der Waals surface area contributed by atoms with E-state index in [-0.39, 0.29) is 6.04 Å². The van der Waals surface area contributed by atoms with Gasteiger partial charge in [0.05, 0.1) is 12.3 Å². The van der Waals surface area contributed by atoms with Crippen molar-refractivity contribution in [2.45, 2.75) is 26.8 Å². The lowest BCUT2D eigenvalue weighted by atomic mass is 10.2. The number of hydrogen-bond acceptors (Lipinski definition) is 5. The van der Waals surface area contributed by atoms with Crippen LogP contribution in [-0.4, -0.2) is 24.7 Å². The largest absolute Gasteiger partial charge is 0.383 e. The molecule has 0 bridgehead atoms. The molecule has 2 aromatic heterocycles. The van der Waals surface area contributed by atoms with Crippen LogP contribution in [0.1, 0.15) is 16.7 Å².